The molecule has 0 bridgehead atoms. The molecule has 0 aliphatic heterocycles. The molecule has 0 fully saturated rings. The van der Waals surface area contributed by atoms with Crippen LogP contribution in [-0.2, 0) is 11.0 Å². The fourth-order valence-electron chi connectivity index (χ4n) is 1.27. The lowest BCUT2D eigenvalue weighted by Crippen LogP contribution is -2.22. The lowest BCUT2D eigenvalue weighted by atomic mass is 10.0. The van der Waals surface area contributed by atoms with Crippen molar-refractivity contribution in [1.29, 1.82) is 0 Å². The molecule has 1 rings (SSSR count). The number of carboxylic acid groups (broad SMARTS) is 1. The standard InChI is InChI=1S/C9H7F3N2O4/c10-9(11,12)4-1-2-5(7(13)8(15)16)6(3-4)14(17)18/h1-3,7H,13H2,(H,15,16). The quantitative estimate of drug-likeness (QED) is 0.638. The third-order valence-electron chi connectivity index (χ3n) is 2.16. The van der Waals surface area contributed by atoms with Crippen molar-refractivity contribution in [3.05, 3.63) is 39.4 Å². The van der Waals surface area contributed by atoms with Crippen molar-refractivity contribution in [3.63, 3.8) is 0 Å². The van der Waals surface area contributed by atoms with Crippen molar-refractivity contribution in [3.8, 4) is 0 Å². The van der Waals surface area contributed by atoms with E-state index in [1.54, 1.807) is 0 Å². The molecule has 0 aliphatic rings. The number of nitro groups is 1. The van der Waals surface area contributed by atoms with E-state index in [1.807, 2.05) is 0 Å². The SMILES string of the molecule is NC(C(=O)O)c1ccc(C(F)(F)F)cc1[N+](=O)[O-]. The van der Waals surface area contributed by atoms with E-state index in [-0.39, 0.29) is 6.07 Å². The van der Waals surface area contributed by atoms with Crippen molar-refractivity contribution >= 4 is 11.7 Å². The molecule has 0 saturated heterocycles. The molecule has 0 saturated carbocycles. The van der Waals surface area contributed by atoms with Gasteiger partial charge in [-0.3, -0.25) is 14.9 Å². The fraction of sp³-hybridized carbons (Fsp3) is 0.222. The van der Waals surface area contributed by atoms with Crippen LogP contribution in [0.2, 0.25) is 0 Å². The number of alkyl halides is 3. The molecule has 0 aromatic heterocycles. The number of hydrogen-bond acceptors (Lipinski definition) is 4. The van der Waals surface area contributed by atoms with Gasteiger partial charge in [0.25, 0.3) is 5.69 Å². The molecule has 0 spiro atoms. The molecule has 0 radical (unpaired) electrons. The Labute approximate surface area is 98.0 Å². The highest BCUT2D eigenvalue weighted by Crippen LogP contribution is 2.34. The van der Waals surface area contributed by atoms with Crippen LogP contribution in [0.1, 0.15) is 17.2 Å². The second-order valence-electron chi connectivity index (χ2n) is 3.34. The van der Waals surface area contributed by atoms with Crippen LogP contribution in [0.25, 0.3) is 0 Å². The van der Waals surface area contributed by atoms with E-state index in [0.29, 0.717) is 12.1 Å². The highest BCUT2D eigenvalue weighted by molar-refractivity contribution is 5.77. The molecule has 3 N–H and O–H groups in total. The van der Waals surface area contributed by atoms with Crippen molar-refractivity contribution in [1.82, 2.24) is 0 Å². The number of halogens is 3. The van der Waals surface area contributed by atoms with Gasteiger partial charge in [0.1, 0.15) is 6.04 Å². The maximum absolute atomic E-state index is 12.4. The van der Waals surface area contributed by atoms with E-state index in [9.17, 15) is 28.1 Å². The van der Waals surface area contributed by atoms with Crippen molar-refractivity contribution in [2.24, 2.45) is 5.73 Å². The highest BCUT2D eigenvalue weighted by atomic mass is 19.4. The van der Waals surface area contributed by atoms with Crippen LogP contribution >= 0.6 is 0 Å². The van der Waals surface area contributed by atoms with Crippen LogP contribution in [0.15, 0.2) is 18.2 Å². The van der Waals surface area contributed by atoms with Crippen molar-refractivity contribution in [2.75, 3.05) is 0 Å². The van der Waals surface area contributed by atoms with Gasteiger partial charge in [0.15, 0.2) is 0 Å². The molecule has 6 nitrogen and oxygen atoms in total. The Kier molecular flexibility index (Phi) is 3.56. The molecule has 0 aliphatic carbocycles. The average Bonchev–Trinajstić information content (AvgIpc) is 2.25. The molecular formula is C9H7F3N2O4. The second kappa shape index (κ2) is 4.61. The van der Waals surface area contributed by atoms with Gasteiger partial charge in [-0.2, -0.15) is 13.2 Å². The van der Waals surface area contributed by atoms with Crippen LogP contribution < -0.4 is 5.73 Å². The normalized spacial score (nSPS) is 13.1. The third kappa shape index (κ3) is 2.74. The summed E-state index contributed by atoms with van der Waals surface area (Å²) in [5, 5.41) is 19.2. The average molecular weight is 264 g/mol. The summed E-state index contributed by atoms with van der Waals surface area (Å²) in [6.07, 6.45) is -4.75. The van der Waals surface area contributed by atoms with Crippen LogP contribution in [0.5, 0.6) is 0 Å². The summed E-state index contributed by atoms with van der Waals surface area (Å²) in [4.78, 5) is 20.1. The van der Waals surface area contributed by atoms with Gasteiger partial charge < -0.3 is 10.8 Å². The van der Waals surface area contributed by atoms with Gasteiger partial charge in [-0.15, -0.1) is 0 Å². The Morgan fingerprint density at radius 2 is 2.00 bits per heavy atom. The summed E-state index contributed by atoms with van der Waals surface area (Å²) in [5.41, 5.74) is 2.45. The first-order valence-electron chi connectivity index (χ1n) is 4.48. The molecule has 1 aromatic carbocycles. The van der Waals surface area contributed by atoms with Crippen LogP contribution in [-0.4, -0.2) is 16.0 Å². The predicted octanol–water partition coefficient (Wildman–Crippen LogP) is 1.70. The van der Waals surface area contributed by atoms with E-state index in [4.69, 9.17) is 10.8 Å². The highest BCUT2D eigenvalue weighted by Gasteiger charge is 2.34. The first-order chi connectivity index (χ1) is 8.14. The fourth-order valence-corrected chi connectivity index (χ4v) is 1.27. The molecule has 9 heteroatoms. The summed E-state index contributed by atoms with van der Waals surface area (Å²) >= 11 is 0. The number of aliphatic carboxylic acids is 1. The monoisotopic (exact) mass is 264 g/mol. The molecule has 1 atom stereocenters. The first kappa shape index (κ1) is 13.9. The second-order valence-corrected chi connectivity index (χ2v) is 3.34. The lowest BCUT2D eigenvalue weighted by molar-refractivity contribution is -0.385. The molecule has 18 heavy (non-hydrogen) atoms. The number of carboxylic acids is 1. The van der Waals surface area contributed by atoms with Crippen LogP contribution in [0.3, 0.4) is 0 Å². The maximum atomic E-state index is 12.4. The van der Waals surface area contributed by atoms with Gasteiger partial charge in [0.2, 0.25) is 0 Å². The van der Waals surface area contributed by atoms with E-state index < -0.39 is 39.9 Å². The Morgan fingerprint density at radius 1 is 1.44 bits per heavy atom. The number of carbonyl (C=O) groups is 1. The van der Waals surface area contributed by atoms with Gasteiger partial charge >= 0.3 is 12.1 Å². The zero-order valence-electron chi connectivity index (χ0n) is 8.64. The van der Waals surface area contributed by atoms with E-state index >= 15 is 0 Å². The van der Waals surface area contributed by atoms with Gasteiger partial charge in [-0.05, 0) is 12.1 Å². The third-order valence-corrected chi connectivity index (χ3v) is 2.16. The van der Waals surface area contributed by atoms with Gasteiger partial charge in [0, 0.05) is 6.07 Å². The van der Waals surface area contributed by atoms with Gasteiger partial charge in [0.05, 0.1) is 16.1 Å². The van der Waals surface area contributed by atoms with E-state index in [0.717, 1.165) is 0 Å². The van der Waals surface area contributed by atoms with Gasteiger partial charge in [-0.1, -0.05) is 0 Å². The number of benzene rings is 1. The Balaban J connectivity index is 3.39. The topological polar surface area (TPSA) is 106 Å². The number of nitrogens with zero attached hydrogens (tertiary/aromatic N) is 1. The summed E-state index contributed by atoms with van der Waals surface area (Å²) in [6, 6.07) is -0.254. The van der Waals surface area contributed by atoms with Crippen LogP contribution in [0, 0.1) is 10.1 Å². The minimum Gasteiger partial charge on any atom is -0.480 e. The molecule has 0 heterocycles. The number of rotatable bonds is 3. The number of hydrogen-bond donors (Lipinski definition) is 2. The first-order valence-corrected chi connectivity index (χ1v) is 4.48. The Bertz CT molecular complexity index is 501. The maximum Gasteiger partial charge on any atom is 0.416 e. The summed E-state index contributed by atoms with van der Waals surface area (Å²) < 4.78 is 37.1. The van der Waals surface area contributed by atoms with Gasteiger partial charge in [-0.25, -0.2) is 0 Å². The molecule has 98 valence electrons. The number of nitro benzene ring substituents is 1. The van der Waals surface area contributed by atoms with Crippen LogP contribution in [0.4, 0.5) is 18.9 Å². The summed E-state index contributed by atoms with van der Waals surface area (Å²) in [6.45, 7) is 0. The minimum atomic E-state index is -4.75. The summed E-state index contributed by atoms with van der Waals surface area (Å²) in [7, 11) is 0. The molecule has 1 unspecified atom stereocenters. The zero-order chi connectivity index (χ0) is 14.1. The molecule has 1 aromatic rings. The summed E-state index contributed by atoms with van der Waals surface area (Å²) in [5.74, 6) is -1.57. The van der Waals surface area contributed by atoms with Crippen molar-refractivity contribution in [2.45, 2.75) is 12.2 Å². The lowest BCUT2D eigenvalue weighted by Gasteiger charge is -2.11. The van der Waals surface area contributed by atoms with E-state index in [2.05, 4.69) is 0 Å². The van der Waals surface area contributed by atoms with E-state index in [1.165, 1.54) is 0 Å². The minimum absolute atomic E-state index is 0.262. The zero-order valence-corrected chi connectivity index (χ0v) is 8.64. The smallest absolute Gasteiger partial charge is 0.416 e. The largest absolute Gasteiger partial charge is 0.480 e. The Hall–Kier alpha value is -2.16. The molecule has 0 amide bonds. The number of nitrogens with two attached hydrogens (primary N) is 1. The molecular weight excluding hydrogens is 257 g/mol. The predicted molar refractivity (Wildman–Crippen MR) is 52.7 cm³/mol. The Morgan fingerprint density at radius 3 is 2.39 bits per heavy atom. The van der Waals surface area contributed by atoms with Crippen molar-refractivity contribution < 1.29 is 28.0 Å².